The molecule has 0 atom stereocenters. The number of nitrogens with one attached hydrogen (secondary N) is 1. The van der Waals surface area contributed by atoms with E-state index in [4.69, 9.17) is 5.21 Å². The number of carbonyl (C=O) groups is 1. The molecule has 0 unspecified atom stereocenters. The van der Waals surface area contributed by atoms with Crippen LogP contribution in [0, 0.1) is 0 Å². The molecular formula is C10H16N4O2S. The Bertz CT molecular complexity index is 412. The van der Waals surface area contributed by atoms with Crippen molar-refractivity contribution in [3.63, 3.8) is 0 Å². The van der Waals surface area contributed by atoms with Crippen LogP contribution in [0.3, 0.4) is 0 Å². The number of nitrogens with zero attached hydrogens (tertiary/aromatic N) is 3. The first-order valence-corrected chi connectivity index (χ1v) is 6.20. The molecule has 94 valence electrons. The zero-order chi connectivity index (χ0) is 12.8. The molecule has 7 heteroatoms. The molecule has 0 radical (unpaired) electrons. The lowest BCUT2D eigenvalue weighted by Gasteiger charge is -2.17. The Morgan fingerprint density at radius 3 is 2.76 bits per heavy atom. The van der Waals surface area contributed by atoms with Crippen molar-refractivity contribution >= 4 is 28.2 Å². The van der Waals surface area contributed by atoms with Gasteiger partial charge in [0.15, 0.2) is 5.13 Å². The largest absolute Gasteiger partial charge is 0.411 e. The van der Waals surface area contributed by atoms with E-state index in [1.165, 1.54) is 11.3 Å². The molecule has 1 aromatic heterocycles. The van der Waals surface area contributed by atoms with Crippen molar-refractivity contribution in [2.75, 3.05) is 18.4 Å². The maximum Gasteiger partial charge on any atom is 0.323 e. The highest BCUT2D eigenvalue weighted by molar-refractivity contribution is 7.14. The summed E-state index contributed by atoms with van der Waals surface area (Å²) in [5, 5.41) is 16.6. The number of aromatic nitrogens is 1. The Hall–Kier alpha value is -1.63. The first kappa shape index (κ1) is 13.4. The molecule has 1 rings (SSSR count). The molecule has 0 aliphatic carbocycles. The Balaban J connectivity index is 2.69. The molecule has 1 aromatic rings. The van der Waals surface area contributed by atoms with E-state index in [1.807, 2.05) is 13.8 Å². The maximum atomic E-state index is 11.7. The van der Waals surface area contributed by atoms with Crippen molar-refractivity contribution in [3.05, 3.63) is 11.1 Å². The quantitative estimate of drug-likeness (QED) is 0.492. The van der Waals surface area contributed by atoms with Crippen LogP contribution in [0.25, 0.3) is 0 Å². The van der Waals surface area contributed by atoms with Crippen molar-refractivity contribution in [1.29, 1.82) is 0 Å². The minimum absolute atomic E-state index is 0.172. The van der Waals surface area contributed by atoms with E-state index in [-0.39, 0.29) is 6.03 Å². The predicted molar refractivity (Wildman–Crippen MR) is 68.1 cm³/mol. The third kappa shape index (κ3) is 3.42. The predicted octanol–water partition coefficient (Wildman–Crippen LogP) is 2.21. The van der Waals surface area contributed by atoms with E-state index in [2.05, 4.69) is 15.5 Å². The number of amides is 2. The fourth-order valence-corrected chi connectivity index (χ4v) is 1.97. The number of hydrogen-bond donors (Lipinski definition) is 2. The maximum absolute atomic E-state index is 11.7. The van der Waals surface area contributed by atoms with E-state index in [0.717, 1.165) is 0 Å². The summed E-state index contributed by atoms with van der Waals surface area (Å²) >= 11 is 1.30. The number of thiazole rings is 1. The fourth-order valence-electron chi connectivity index (χ4n) is 1.23. The minimum atomic E-state index is -0.172. The van der Waals surface area contributed by atoms with Crippen LogP contribution < -0.4 is 5.32 Å². The Morgan fingerprint density at radius 1 is 1.59 bits per heavy atom. The van der Waals surface area contributed by atoms with E-state index in [0.29, 0.717) is 29.6 Å². The van der Waals surface area contributed by atoms with Crippen LogP contribution in [0.4, 0.5) is 9.93 Å². The molecule has 0 spiro atoms. The van der Waals surface area contributed by atoms with E-state index in [9.17, 15) is 4.79 Å². The van der Waals surface area contributed by atoms with Crippen LogP contribution >= 0.6 is 11.3 Å². The molecule has 0 aliphatic heterocycles. The van der Waals surface area contributed by atoms with Gasteiger partial charge in [-0.05, 0) is 20.8 Å². The van der Waals surface area contributed by atoms with Crippen LogP contribution in [0.1, 0.15) is 26.5 Å². The zero-order valence-electron chi connectivity index (χ0n) is 10.1. The molecule has 2 N–H and O–H groups in total. The third-order valence-electron chi connectivity index (χ3n) is 2.29. The van der Waals surface area contributed by atoms with Crippen LogP contribution in [0.15, 0.2) is 10.5 Å². The first-order chi connectivity index (χ1) is 8.12. The summed E-state index contributed by atoms with van der Waals surface area (Å²) in [6, 6.07) is -0.172. The zero-order valence-corrected chi connectivity index (χ0v) is 10.9. The van der Waals surface area contributed by atoms with Gasteiger partial charge in [0.1, 0.15) is 11.4 Å². The Labute approximate surface area is 104 Å². The topological polar surface area (TPSA) is 77.8 Å². The van der Waals surface area contributed by atoms with Gasteiger partial charge in [0.2, 0.25) is 0 Å². The minimum Gasteiger partial charge on any atom is -0.411 e. The van der Waals surface area contributed by atoms with Crippen LogP contribution in [0.5, 0.6) is 0 Å². The highest BCUT2D eigenvalue weighted by atomic mass is 32.1. The second-order valence-electron chi connectivity index (χ2n) is 3.33. The molecule has 0 aromatic carbocycles. The highest BCUT2D eigenvalue weighted by Crippen LogP contribution is 2.16. The monoisotopic (exact) mass is 256 g/mol. The van der Waals surface area contributed by atoms with Gasteiger partial charge >= 0.3 is 6.03 Å². The van der Waals surface area contributed by atoms with E-state index >= 15 is 0 Å². The van der Waals surface area contributed by atoms with Crippen molar-refractivity contribution in [2.24, 2.45) is 5.16 Å². The van der Waals surface area contributed by atoms with Gasteiger partial charge in [0.25, 0.3) is 0 Å². The number of carbonyl (C=O) groups excluding carboxylic acids is 1. The SMILES string of the molecule is CCN(CC)C(=O)Nc1nc(C(C)=NO)cs1. The normalized spacial score (nSPS) is 11.4. The van der Waals surface area contributed by atoms with Gasteiger partial charge in [-0.15, -0.1) is 11.3 Å². The van der Waals surface area contributed by atoms with Crippen LogP contribution in [0.2, 0.25) is 0 Å². The van der Waals surface area contributed by atoms with Crippen LogP contribution in [-0.2, 0) is 0 Å². The Morgan fingerprint density at radius 2 is 2.24 bits per heavy atom. The second-order valence-corrected chi connectivity index (χ2v) is 4.18. The number of urea groups is 1. The molecule has 2 amide bonds. The van der Waals surface area contributed by atoms with Crippen LogP contribution in [-0.4, -0.2) is 39.9 Å². The molecule has 0 saturated carbocycles. The molecule has 0 bridgehead atoms. The molecule has 0 aliphatic rings. The van der Waals surface area contributed by atoms with Gasteiger partial charge in [-0.25, -0.2) is 9.78 Å². The molecule has 0 fully saturated rings. The van der Waals surface area contributed by atoms with Gasteiger partial charge in [-0.1, -0.05) is 5.16 Å². The van der Waals surface area contributed by atoms with Gasteiger partial charge in [-0.2, -0.15) is 0 Å². The standard InChI is InChI=1S/C10H16N4O2S/c1-4-14(5-2)10(15)12-9-11-8(6-17-9)7(3)13-16/h6,16H,4-5H2,1-3H3,(H,11,12,15). The molecule has 17 heavy (non-hydrogen) atoms. The third-order valence-corrected chi connectivity index (χ3v) is 3.05. The molecular weight excluding hydrogens is 240 g/mol. The van der Waals surface area contributed by atoms with Crippen molar-refractivity contribution in [3.8, 4) is 0 Å². The van der Waals surface area contributed by atoms with Crippen molar-refractivity contribution < 1.29 is 10.0 Å². The Kier molecular flexibility index (Phi) is 4.89. The van der Waals surface area contributed by atoms with Gasteiger partial charge < -0.3 is 10.1 Å². The number of anilines is 1. The summed E-state index contributed by atoms with van der Waals surface area (Å²) in [5.41, 5.74) is 0.983. The lowest BCUT2D eigenvalue weighted by atomic mass is 10.3. The average molecular weight is 256 g/mol. The summed E-state index contributed by atoms with van der Waals surface area (Å²) in [4.78, 5) is 17.5. The number of rotatable bonds is 4. The van der Waals surface area contributed by atoms with Gasteiger partial charge in [0, 0.05) is 18.5 Å². The average Bonchev–Trinajstić information content (AvgIpc) is 2.78. The van der Waals surface area contributed by atoms with Gasteiger partial charge in [0.05, 0.1) is 0 Å². The molecule has 1 heterocycles. The van der Waals surface area contributed by atoms with E-state index < -0.39 is 0 Å². The summed E-state index contributed by atoms with van der Waals surface area (Å²) in [5.74, 6) is 0. The second kappa shape index (κ2) is 6.19. The molecule has 6 nitrogen and oxygen atoms in total. The molecule has 0 saturated heterocycles. The summed E-state index contributed by atoms with van der Waals surface area (Å²) in [6.07, 6.45) is 0. The number of oxime groups is 1. The lowest BCUT2D eigenvalue weighted by Crippen LogP contribution is -2.34. The summed E-state index contributed by atoms with van der Waals surface area (Å²) in [6.45, 7) is 6.78. The number of hydrogen-bond acceptors (Lipinski definition) is 5. The smallest absolute Gasteiger partial charge is 0.323 e. The van der Waals surface area contributed by atoms with Crippen molar-refractivity contribution in [2.45, 2.75) is 20.8 Å². The highest BCUT2D eigenvalue weighted by Gasteiger charge is 2.12. The van der Waals surface area contributed by atoms with Gasteiger partial charge in [-0.3, -0.25) is 5.32 Å². The van der Waals surface area contributed by atoms with Crippen molar-refractivity contribution in [1.82, 2.24) is 9.88 Å². The first-order valence-electron chi connectivity index (χ1n) is 5.32. The lowest BCUT2D eigenvalue weighted by molar-refractivity contribution is 0.217. The van der Waals surface area contributed by atoms with E-state index in [1.54, 1.807) is 17.2 Å². The summed E-state index contributed by atoms with van der Waals surface area (Å²) in [7, 11) is 0. The summed E-state index contributed by atoms with van der Waals surface area (Å²) < 4.78 is 0. The fraction of sp³-hybridized carbons (Fsp3) is 0.500.